The van der Waals surface area contributed by atoms with E-state index in [0.29, 0.717) is 11.8 Å². The van der Waals surface area contributed by atoms with E-state index < -0.39 is 5.97 Å². The van der Waals surface area contributed by atoms with Crippen LogP contribution in [0.15, 0.2) is 0 Å². The molecule has 0 bridgehead atoms. The number of hydrogen-bond acceptors (Lipinski definition) is 3. The number of aliphatic carboxylic acids is 1. The Morgan fingerprint density at radius 2 is 1.59 bits per heavy atom. The molecule has 0 aromatic rings. The largest absolute Gasteiger partial charge is 0.481 e. The van der Waals surface area contributed by atoms with Crippen LogP contribution >= 0.6 is 0 Å². The minimum atomic E-state index is -0.570. The van der Waals surface area contributed by atoms with Crippen molar-refractivity contribution in [3.05, 3.63) is 0 Å². The second kappa shape index (κ2) is 5.36. The third-order valence-electron chi connectivity index (χ3n) is 4.49. The number of carboxylic acid groups (broad SMARTS) is 1. The molecular formula is C13H24N2O2. The molecule has 17 heavy (non-hydrogen) atoms. The monoisotopic (exact) mass is 240 g/mol. The molecule has 4 heteroatoms. The summed E-state index contributed by atoms with van der Waals surface area (Å²) in [5, 5.41) is 9.51. The van der Waals surface area contributed by atoms with E-state index in [-0.39, 0.29) is 5.92 Å². The number of nitrogens with zero attached hydrogens (tertiary/aromatic N) is 2. The molecule has 0 aromatic heterocycles. The molecule has 0 amide bonds. The van der Waals surface area contributed by atoms with Crippen molar-refractivity contribution < 1.29 is 9.90 Å². The quantitative estimate of drug-likeness (QED) is 0.798. The van der Waals surface area contributed by atoms with E-state index in [4.69, 9.17) is 0 Å². The Labute approximate surface area is 104 Å². The lowest BCUT2D eigenvalue weighted by Gasteiger charge is -2.34. The molecule has 0 aromatic carbocycles. The van der Waals surface area contributed by atoms with Crippen molar-refractivity contribution in [1.29, 1.82) is 0 Å². The van der Waals surface area contributed by atoms with E-state index in [0.717, 1.165) is 45.4 Å². The van der Waals surface area contributed by atoms with Crippen LogP contribution in [-0.4, -0.2) is 61.2 Å². The van der Waals surface area contributed by atoms with Gasteiger partial charge >= 0.3 is 5.97 Å². The molecule has 2 saturated heterocycles. The summed E-state index contributed by atoms with van der Waals surface area (Å²) in [5.41, 5.74) is 0. The Morgan fingerprint density at radius 1 is 1.06 bits per heavy atom. The zero-order valence-corrected chi connectivity index (χ0v) is 10.9. The summed E-state index contributed by atoms with van der Waals surface area (Å²) in [4.78, 5) is 16.1. The molecule has 0 radical (unpaired) electrons. The minimum absolute atomic E-state index is 0.117. The van der Waals surface area contributed by atoms with E-state index in [9.17, 15) is 9.90 Å². The lowest BCUT2D eigenvalue weighted by molar-refractivity contribution is -0.146. The average molecular weight is 240 g/mol. The molecule has 98 valence electrons. The van der Waals surface area contributed by atoms with Crippen molar-refractivity contribution in [3.63, 3.8) is 0 Å². The summed E-state index contributed by atoms with van der Waals surface area (Å²) < 4.78 is 0. The summed E-state index contributed by atoms with van der Waals surface area (Å²) in [6, 6.07) is 0. The van der Waals surface area contributed by atoms with Crippen LogP contribution in [0.4, 0.5) is 0 Å². The normalized spacial score (nSPS) is 30.6. The molecule has 2 unspecified atom stereocenters. The van der Waals surface area contributed by atoms with Crippen molar-refractivity contribution in [2.75, 3.05) is 40.3 Å². The van der Waals surface area contributed by atoms with Gasteiger partial charge in [-0.2, -0.15) is 0 Å². The lowest BCUT2D eigenvalue weighted by atomic mass is 9.76. The van der Waals surface area contributed by atoms with Crippen molar-refractivity contribution in [3.8, 4) is 0 Å². The molecule has 0 spiro atoms. The van der Waals surface area contributed by atoms with Gasteiger partial charge in [-0.1, -0.05) is 0 Å². The SMILES string of the molecule is CN1CCC(C(C(=O)O)C2CCN(C)C2)CC1. The highest BCUT2D eigenvalue weighted by molar-refractivity contribution is 5.71. The summed E-state index contributed by atoms with van der Waals surface area (Å²) in [7, 11) is 4.21. The number of hydrogen-bond donors (Lipinski definition) is 1. The van der Waals surface area contributed by atoms with E-state index in [2.05, 4.69) is 23.9 Å². The van der Waals surface area contributed by atoms with Crippen LogP contribution in [0.5, 0.6) is 0 Å². The highest BCUT2D eigenvalue weighted by Crippen LogP contribution is 2.34. The maximum atomic E-state index is 11.5. The molecule has 2 fully saturated rings. The number of rotatable bonds is 3. The van der Waals surface area contributed by atoms with Crippen LogP contribution in [0.2, 0.25) is 0 Å². The van der Waals surface area contributed by atoms with Crippen molar-refractivity contribution in [2.24, 2.45) is 17.8 Å². The predicted molar refractivity (Wildman–Crippen MR) is 67.0 cm³/mol. The molecule has 0 aliphatic carbocycles. The van der Waals surface area contributed by atoms with Crippen molar-refractivity contribution in [1.82, 2.24) is 9.80 Å². The van der Waals surface area contributed by atoms with Crippen LogP contribution in [-0.2, 0) is 4.79 Å². The first-order chi connectivity index (χ1) is 8.08. The smallest absolute Gasteiger partial charge is 0.307 e. The van der Waals surface area contributed by atoms with E-state index in [1.807, 2.05) is 0 Å². The van der Waals surface area contributed by atoms with Crippen LogP contribution in [0.25, 0.3) is 0 Å². The standard InChI is InChI=1S/C13H24N2O2/c1-14-6-3-10(4-7-14)12(13(16)17)11-5-8-15(2)9-11/h10-12H,3-9H2,1-2H3,(H,16,17). The van der Waals surface area contributed by atoms with Gasteiger partial charge in [0.05, 0.1) is 5.92 Å². The fraction of sp³-hybridized carbons (Fsp3) is 0.923. The molecule has 2 heterocycles. The minimum Gasteiger partial charge on any atom is -0.481 e. The van der Waals surface area contributed by atoms with Gasteiger partial charge in [0.25, 0.3) is 0 Å². The van der Waals surface area contributed by atoms with Crippen LogP contribution in [0.1, 0.15) is 19.3 Å². The highest BCUT2D eigenvalue weighted by atomic mass is 16.4. The molecule has 2 aliphatic rings. The molecule has 0 saturated carbocycles. The van der Waals surface area contributed by atoms with Gasteiger partial charge in [0, 0.05) is 6.54 Å². The number of carbonyl (C=O) groups is 1. The maximum Gasteiger partial charge on any atom is 0.307 e. The van der Waals surface area contributed by atoms with Crippen LogP contribution < -0.4 is 0 Å². The molecular weight excluding hydrogens is 216 g/mol. The molecule has 4 nitrogen and oxygen atoms in total. The number of likely N-dealkylation sites (tertiary alicyclic amines) is 2. The van der Waals surface area contributed by atoms with Gasteiger partial charge in [0.1, 0.15) is 0 Å². The second-order valence-electron chi connectivity index (χ2n) is 5.82. The first-order valence-electron chi connectivity index (χ1n) is 6.68. The molecule has 2 aliphatic heterocycles. The first kappa shape index (κ1) is 12.8. The van der Waals surface area contributed by atoms with Gasteiger partial charge in [-0.15, -0.1) is 0 Å². The number of piperidine rings is 1. The van der Waals surface area contributed by atoms with Gasteiger partial charge < -0.3 is 14.9 Å². The average Bonchev–Trinajstić information content (AvgIpc) is 2.68. The third kappa shape index (κ3) is 2.99. The zero-order valence-electron chi connectivity index (χ0n) is 10.9. The van der Waals surface area contributed by atoms with E-state index >= 15 is 0 Å². The maximum absolute atomic E-state index is 11.5. The van der Waals surface area contributed by atoms with Gasteiger partial charge in [-0.25, -0.2) is 0 Å². The fourth-order valence-electron chi connectivity index (χ4n) is 3.44. The Morgan fingerprint density at radius 3 is 2.06 bits per heavy atom. The summed E-state index contributed by atoms with van der Waals surface area (Å²) in [6.07, 6.45) is 3.15. The summed E-state index contributed by atoms with van der Waals surface area (Å²) in [6.45, 7) is 4.12. The molecule has 1 N–H and O–H groups in total. The van der Waals surface area contributed by atoms with Crippen molar-refractivity contribution in [2.45, 2.75) is 19.3 Å². The molecule has 2 rings (SSSR count). The summed E-state index contributed by atoms with van der Waals surface area (Å²) in [5.74, 6) is 0.0691. The van der Waals surface area contributed by atoms with Gasteiger partial charge in [-0.05, 0) is 64.8 Å². The predicted octanol–water partition coefficient (Wildman–Crippen LogP) is 0.981. The Kier molecular flexibility index (Phi) is 4.05. The first-order valence-corrected chi connectivity index (χ1v) is 6.68. The van der Waals surface area contributed by atoms with Gasteiger partial charge in [0.15, 0.2) is 0 Å². The van der Waals surface area contributed by atoms with Gasteiger partial charge in [0.2, 0.25) is 0 Å². The summed E-state index contributed by atoms with van der Waals surface area (Å²) >= 11 is 0. The lowest BCUT2D eigenvalue weighted by Crippen LogP contribution is -2.39. The van der Waals surface area contributed by atoms with E-state index in [1.165, 1.54) is 0 Å². The third-order valence-corrected chi connectivity index (χ3v) is 4.49. The Balaban J connectivity index is 1.99. The second-order valence-corrected chi connectivity index (χ2v) is 5.82. The van der Waals surface area contributed by atoms with Crippen LogP contribution in [0, 0.1) is 17.8 Å². The van der Waals surface area contributed by atoms with E-state index in [1.54, 1.807) is 0 Å². The highest BCUT2D eigenvalue weighted by Gasteiger charge is 2.38. The number of carboxylic acids is 1. The van der Waals surface area contributed by atoms with Gasteiger partial charge in [-0.3, -0.25) is 4.79 Å². The Hall–Kier alpha value is -0.610. The van der Waals surface area contributed by atoms with Crippen molar-refractivity contribution >= 4 is 5.97 Å². The molecule has 2 atom stereocenters. The Bertz CT molecular complexity index is 275. The van der Waals surface area contributed by atoms with Crippen LogP contribution in [0.3, 0.4) is 0 Å². The zero-order chi connectivity index (χ0) is 12.4. The fourth-order valence-corrected chi connectivity index (χ4v) is 3.44. The topological polar surface area (TPSA) is 43.8 Å².